The quantitative estimate of drug-likeness (QED) is 0.820. The zero-order valence-corrected chi connectivity index (χ0v) is 9.63. The highest BCUT2D eigenvalue weighted by Gasteiger charge is 2.17. The molecule has 0 bridgehead atoms. The Bertz CT molecular complexity index is 488. The Labute approximate surface area is 94.7 Å². The summed E-state index contributed by atoms with van der Waals surface area (Å²) in [5.41, 5.74) is 7.83. The molecule has 0 fully saturated rings. The highest BCUT2D eigenvalue weighted by Crippen LogP contribution is 2.30. The lowest BCUT2D eigenvalue weighted by molar-refractivity contribution is 0.509. The van der Waals surface area contributed by atoms with E-state index in [4.69, 9.17) is 5.73 Å². The topological polar surface area (TPSA) is 41.8 Å². The van der Waals surface area contributed by atoms with Crippen LogP contribution in [0.25, 0.3) is 10.9 Å². The monoisotopic (exact) mass is 220 g/mol. The molecule has 2 nitrogen and oxygen atoms in total. The Hall–Kier alpha value is -1.35. The SMILES string of the molecule is CC(C)C(CN)c1c[nH]c2cc(F)ccc12. The number of hydrogen-bond donors (Lipinski definition) is 2. The van der Waals surface area contributed by atoms with Gasteiger partial charge in [0.15, 0.2) is 0 Å². The third kappa shape index (κ3) is 1.83. The number of H-pyrrole nitrogens is 1. The van der Waals surface area contributed by atoms with Crippen LogP contribution in [0.1, 0.15) is 25.3 Å². The largest absolute Gasteiger partial charge is 0.361 e. The van der Waals surface area contributed by atoms with Gasteiger partial charge in [0.1, 0.15) is 5.82 Å². The Morgan fingerprint density at radius 2 is 2.12 bits per heavy atom. The van der Waals surface area contributed by atoms with Gasteiger partial charge in [0.2, 0.25) is 0 Å². The third-order valence-corrected chi connectivity index (χ3v) is 3.13. The number of nitrogens with two attached hydrogens (primary N) is 1. The van der Waals surface area contributed by atoms with E-state index in [0.717, 1.165) is 10.9 Å². The van der Waals surface area contributed by atoms with Crippen LogP contribution in [0, 0.1) is 11.7 Å². The predicted octanol–water partition coefficient (Wildman–Crippen LogP) is 3.01. The number of benzene rings is 1. The number of nitrogens with one attached hydrogen (secondary N) is 1. The van der Waals surface area contributed by atoms with Gasteiger partial charge in [-0.3, -0.25) is 0 Å². The van der Waals surface area contributed by atoms with E-state index in [1.54, 1.807) is 0 Å². The van der Waals surface area contributed by atoms with Crippen LogP contribution in [0.15, 0.2) is 24.4 Å². The van der Waals surface area contributed by atoms with E-state index in [0.29, 0.717) is 18.4 Å². The second kappa shape index (κ2) is 4.26. The van der Waals surface area contributed by atoms with Gasteiger partial charge in [0.05, 0.1) is 0 Å². The zero-order chi connectivity index (χ0) is 11.7. The van der Waals surface area contributed by atoms with Crippen LogP contribution in [0.3, 0.4) is 0 Å². The Balaban J connectivity index is 2.52. The van der Waals surface area contributed by atoms with Gasteiger partial charge < -0.3 is 10.7 Å². The summed E-state index contributed by atoms with van der Waals surface area (Å²) in [7, 11) is 0. The summed E-state index contributed by atoms with van der Waals surface area (Å²) in [5, 5.41) is 1.07. The van der Waals surface area contributed by atoms with Crippen molar-refractivity contribution in [3.8, 4) is 0 Å². The van der Waals surface area contributed by atoms with Crippen molar-refractivity contribution in [1.82, 2.24) is 4.98 Å². The summed E-state index contributed by atoms with van der Waals surface area (Å²) in [6.07, 6.45) is 1.95. The minimum Gasteiger partial charge on any atom is -0.361 e. The fraction of sp³-hybridized carbons (Fsp3) is 0.385. The molecule has 0 saturated heterocycles. The van der Waals surface area contributed by atoms with Crippen LogP contribution in [0.2, 0.25) is 0 Å². The number of fused-ring (bicyclic) bond motifs is 1. The van der Waals surface area contributed by atoms with E-state index in [-0.39, 0.29) is 5.82 Å². The van der Waals surface area contributed by atoms with Gasteiger partial charge >= 0.3 is 0 Å². The molecule has 16 heavy (non-hydrogen) atoms. The molecule has 0 aliphatic heterocycles. The molecule has 2 rings (SSSR count). The molecule has 0 aliphatic rings. The first-order valence-electron chi connectivity index (χ1n) is 5.60. The van der Waals surface area contributed by atoms with Gasteiger partial charge in [0, 0.05) is 23.0 Å². The first kappa shape index (κ1) is 11.1. The van der Waals surface area contributed by atoms with E-state index in [2.05, 4.69) is 18.8 Å². The van der Waals surface area contributed by atoms with Crippen molar-refractivity contribution in [2.45, 2.75) is 19.8 Å². The molecule has 1 heterocycles. The average molecular weight is 220 g/mol. The maximum Gasteiger partial charge on any atom is 0.125 e. The maximum atomic E-state index is 13.0. The van der Waals surface area contributed by atoms with Crippen LogP contribution in [-0.2, 0) is 0 Å². The summed E-state index contributed by atoms with van der Waals surface area (Å²) in [5.74, 6) is 0.586. The van der Waals surface area contributed by atoms with Gasteiger partial charge in [-0.1, -0.05) is 13.8 Å². The zero-order valence-electron chi connectivity index (χ0n) is 9.63. The molecule has 2 aromatic rings. The smallest absolute Gasteiger partial charge is 0.125 e. The molecule has 0 aliphatic carbocycles. The van der Waals surface area contributed by atoms with E-state index in [1.807, 2.05) is 12.3 Å². The molecule has 0 radical (unpaired) electrons. The van der Waals surface area contributed by atoms with Crippen molar-refractivity contribution < 1.29 is 4.39 Å². The van der Waals surface area contributed by atoms with E-state index >= 15 is 0 Å². The molecular weight excluding hydrogens is 203 g/mol. The Morgan fingerprint density at radius 1 is 1.38 bits per heavy atom. The van der Waals surface area contributed by atoms with Crippen molar-refractivity contribution in [3.05, 3.63) is 35.8 Å². The minimum absolute atomic E-state index is 0.213. The van der Waals surface area contributed by atoms with Crippen molar-refractivity contribution in [2.75, 3.05) is 6.54 Å². The summed E-state index contributed by atoms with van der Waals surface area (Å²) in [6, 6.07) is 4.84. The minimum atomic E-state index is -0.213. The van der Waals surface area contributed by atoms with Gasteiger partial charge in [-0.05, 0) is 36.2 Å². The van der Waals surface area contributed by atoms with Crippen LogP contribution >= 0.6 is 0 Å². The molecule has 1 atom stereocenters. The standard InChI is InChI=1S/C13H17FN2/c1-8(2)11(6-15)12-7-16-13-5-9(14)3-4-10(12)13/h3-5,7-8,11,16H,6,15H2,1-2H3. The number of hydrogen-bond acceptors (Lipinski definition) is 1. The lowest BCUT2D eigenvalue weighted by atomic mass is 9.88. The first-order chi connectivity index (χ1) is 7.63. The van der Waals surface area contributed by atoms with E-state index in [1.165, 1.54) is 17.7 Å². The third-order valence-electron chi connectivity index (χ3n) is 3.13. The molecule has 86 valence electrons. The van der Waals surface area contributed by atoms with Crippen molar-refractivity contribution in [3.63, 3.8) is 0 Å². The number of aromatic nitrogens is 1. The summed E-state index contributed by atoms with van der Waals surface area (Å²) in [6.45, 7) is 4.92. The van der Waals surface area contributed by atoms with Crippen molar-refractivity contribution >= 4 is 10.9 Å². The van der Waals surface area contributed by atoms with Gasteiger partial charge in [-0.15, -0.1) is 0 Å². The highest BCUT2D eigenvalue weighted by molar-refractivity contribution is 5.83. The molecule has 3 heteroatoms. The highest BCUT2D eigenvalue weighted by atomic mass is 19.1. The maximum absolute atomic E-state index is 13.0. The molecular formula is C13H17FN2. The second-order valence-electron chi connectivity index (χ2n) is 4.52. The molecule has 1 aromatic carbocycles. The fourth-order valence-electron chi connectivity index (χ4n) is 2.19. The number of aromatic amines is 1. The number of halogens is 1. The summed E-state index contributed by atoms with van der Waals surface area (Å²) in [4.78, 5) is 3.10. The van der Waals surface area contributed by atoms with Gasteiger partial charge in [0.25, 0.3) is 0 Å². The van der Waals surface area contributed by atoms with E-state index < -0.39 is 0 Å². The van der Waals surface area contributed by atoms with Crippen molar-refractivity contribution in [1.29, 1.82) is 0 Å². The predicted molar refractivity (Wildman–Crippen MR) is 64.9 cm³/mol. The normalized spacial score (nSPS) is 13.6. The average Bonchev–Trinajstić information content (AvgIpc) is 2.62. The Kier molecular flexibility index (Phi) is 2.97. The number of rotatable bonds is 3. The molecule has 0 amide bonds. The molecule has 3 N–H and O–H groups in total. The van der Waals surface area contributed by atoms with Crippen LogP contribution in [0.5, 0.6) is 0 Å². The lowest BCUT2D eigenvalue weighted by Crippen LogP contribution is -2.17. The van der Waals surface area contributed by atoms with Crippen LogP contribution in [0.4, 0.5) is 4.39 Å². The molecule has 0 saturated carbocycles. The molecule has 0 spiro atoms. The Morgan fingerprint density at radius 3 is 2.75 bits per heavy atom. The lowest BCUT2D eigenvalue weighted by Gasteiger charge is -2.18. The van der Waals surface area contributed by atoms with Gasteiger partial charge in [-0.2, -0.15) is 0 Å². The van der Waals surface area contributed by atoms with E-state index in [9.17, 15) is 4.39 Å². The summed E-state index contributed by atoms with van der Waals surface area (Å²) < 4.78 is 13.0. The summed E-state index contributed by atoms with van der Waals surface area (Å²) >= 11 is 0. The van der Waals surface area contributed by atoms with Crippen LogP contribution in [-0.4, -0.2) is 11.5 Å². The van der Waals surface area contributed by atoms with Crippen LogP contribution < -0.4 is 5.73 Å². The fourth-order valence-corrected chi connectivity index (χ4v) is 2.19. The first-order valence-corrected chi connectivity index (χ1v) is 5.60. The van der Waals surface area contributed by atoms with Crippen molar-refractivity contribution in [2.24, 2.45) is 11.7 Å². The molecule has 1 unspecified atom stereocenters. The second-order valence-corrected chi connectivity index (χ2v) is 4.52. The van der Waals surface area contributed by atoms with Gasteiger partial charge in [-0.25, -0.2) is 4.39 Å². The molecule has 1 aromatic heterocycles.